The lowest BCUT2D eigenvalue weighted by Crippen LogP contribution is -2.73. The largest absolute Gasteiger partial charge is 0.143 e. The fraction of sp³-hybridized carbons (Fsp3) is 0.0968. The average molecular weight is 918 g/mol. The molecule has 0 nitrogen and oxygen atoms in total. The van der Waals surface area contributed by atoms with Gasteiger partial charge in [-0.1, -0.05) is 278 Å². The fourth-order valence-electron chi connectivity index (χ4n) is 12.9. The first kappa shape index (κ1) is 44.8. The van der Waals surface area contributed by atoms with Gasteiger partial charge in [-0.2, -0.15) is 0 Å². The lowest BCUT2D eigenvalue weighted by atomic mass is 9.97. The summed E-state index contributed by atoms with van der Waals surface area (Å²) >= 11 is 0. The summed E-state index contributed by atoms with van der Waals surface area (Å²) in [7, 11) is -11.8. The molecular formula is C62H60Si4. The Kier molecular flexibility index (Phi) is 13.3. The summed E-state index contributed by atoms with van der Waals surface area (Å²) in [6, 6.07) is 92.2. The van der Waals surface area contributed by atoms with E-state index in [2.05, 4.69) is 265 Å². The van der Waals surface area contributed by atoms with Gasteiger partial charge in [-0.3, -0.25) is 0 Å². The maximum absolute atomic E-state index is 4.99. The minimum atomic E-state index is -2.94. The van der Waals surface area contributed by atoms with Gasteiger partial charge in [0.1, 0.15) is 32.3 Å². The highest BCUT2D eigenvalue weighted by molar-refractivity contribution is 7.14. The number of hydrogen-bond acceptors (Lipinski definition) is 0. The van der Waals surface area contributed by atoms with E-state index in [1.165, 1.54) is 41.5 Å². The molecule has 0 heterocycles. The third-order valence-electron chi connectivity index (χ3n) is 15.6. The molecule has 0 spiro atoms. The zero-order valence-corrected chi connectivity index (χ0v) is 42.0. The fourth-order valence-corrected chi connectivity index (χ4v) is 35.9. The maximum Gasteiger partial charge on any atom is 0.143 e. The molecule has 8 aromatic carbocycles. The summed E-state index contributed by atoms with van der Waals surface area (Å²) in [5.74, 6) is 0. The van der Waals surface area contributed by atoms with Crippen LogP contribution in [0.1, 0.15) is 12.8 Å². The minimum Gasteiger partial charge on any atom is -0.106 e. The lowest BCUT2D eigenvalue weighted by molar-refractivity contribution is 0.475. The van der Waals surface area contributed by atoms with Crippen molar-refractivity contribution in [1.29, 1.82) is 0 Å². The molecule has 0 bridgehead atoms. The molecule has 4 unspecified atom stereocenters. The van der Waals surface area contributed by atoms with E-state index in [0.29, 0.717) is 0 Å². The van der Waals surface area contributed by atoms with Crippen molar-refractivity contribution in [3.05, 3.63) is 292 Å². The van der Waals surface area contributed by atoms with Crippen LogP contribution in [0.5, 0.6) is 0 Å². The van der Waals surface area contributed by atoms with E-state index in [9.17, 15) is 0 Å². The quantitative estimate of drug-likeness (QED) is 0.0848. The van der Waals surface area contributed by atoms with E-state index in [1.54, 1.807) is 0 Å². The van der Waals surface area contributed by atoms with Crippen molar-refractivity contribution < 1.29 is 0 Å². The monoisotopic (exact) mass is 916 g/mol. The Morgan fingerprint density at radius 1 is 0.227 bits per heavy atom. The molecular weight excluding hydrogens is 857 g/mol. The Labute approximate surface area is 398 Å². The molecule has 0 amide bonds. The van der Waals surface area contributed by atoms with Crippen LogP contribution >= 0.6 is 0 Å². The first-order valence-electron chi connectivity index (χ1n) is 23.5. The van der Waals surface area contributed by atoms with Crippen LogP contribution in [0.25, 0.3) is 0 Å². The van der Waals surface area contributed by atoms with Gasteiger partial charge in [0, 0.05) is 0 Å². The predicted octanol–water partition coefficient (Wildman–Crippen LogP) is 10.2. The van der Waals surface area contributed by atoms with Gasteiger partial charge in [-0.05, 0) is 63.7 Å². The molecule has 0 aliphatic heterocycles. The highest BCUT2D eigenvalue weighted by Gasteiger charge is 2.64. The molecule has 324 valence electrons. The average Bonchev–Trinajstić information content (AvgIpc) is 3.41. The van der Waals surface area contributed by atoms with Crippen LogP contribution < -0.4 is 41.5 Å². The van der Waals surface area contributed by atoms with E-state index in [-0.39, 0.29) is 22.2 Å². The van der Waals surface area contributed by atoms with E-state index in [0.717, 1.165) is 12.8 Å². The molecule has 9 rings (SSSR count). The van der Waals surface area contributed by atoms with Gasteiger partial charge in [0.05, 0.1) is 0 Å². The predicted molar refractivity (Wildman–Crippen MR) is 297 cm³/mol. The van der Waals surface area contributed by atoms with Gasteiger partial charge in [-0.15, -0.1) is 26.3 Å². The highest BCUT2D eigenvalue weighted by atomic mass is 28.3. The first-order valence-corrected chi connectivity index (χ1v) is 32.1. The second-order valence-electron chi connectivity index (χ2n) is 18.1. The first-order chi connectivity index (χ1) is 32.5. The molecule has 1 saturated carbocycles. The van der Waals surface area contributed by atoms with Gasteiger partial charge in [-0.25, -0.2) is 0 Å². The number of benzene rings is 8. The third-order valence-corrected chi connectivity index (χ3v) is 36.4. The van der Waals surface area contributed by atoms with E-state index < -0.39 is 32.3 Å². The minimum absolute atomic E-state index is 0.216. The topological polar surface area (TPSA) is 0 Å². The molecule has 1 fully saturated rings. The van der Waals surface area contributed by atoms with E-state index >= 15 is 0 Å². The van der Waals surface area contributed by atoms with Crippen molar-refractivity contribution in [2.75, 3.05) is 0 Å². The van der Waals surface area contributed by atoms with Crippen molar-refractivity contribution in [2.45, 2.75) is 35.0 Å². The van der Waals surface area contributed by atoms with Crippen LogP contribution in [0.2, 0.25) is 22.2 Å². The molecule has 4 heteroatoms. The second-order valence-corrected chi connectivity index (χ2v) is 34.3. The van der Waals surface area contributed by atoms with Crippen molar-refractivity contribution in [1.82, 2.24) is 0 Å². The van der Waals surface area contributed by atoms with Gasteiger partial charge < -0.3 is 0 Å². The molecule has 1 aliphatic carbocycles. The lowest BCUT2D eigenvalue weighted by Gasteiger charge is -2.60. The summed E-state index contributed by atoms with van der Waals surface area (Å²) in [5, 5.41) is 11.3. The van der Waals surface area contributed by atoms with Crippen molar-refractivity contribution in [3.63, 3.8) is 0 Å². The van der Waals surface area contributed by atoms with Crippen molar-refractivity contribution >= 4 is 73.8 Å². The zero-order valence-electron chi connectivity index (χ0n) is 38.0. The molecule has 0 radical (unpaired) electrons. The molecule has 4 atom stereocenters. The summed E-state index contributed by atoms with van der Waals surface area (Å²) in [5.41, 5.74) is 10.8. The Hall–Kier alpha value is -6.41. The number of hydrogen-bond donors (Lipinski definition) is 0. The highest BCUT2D eigenvalue weighted by Crippen LogP contribution is 2.62. The molecule has 0 aromatic heterocycles. The Morgan fingerprint density at radius 2 is 0.348 bits per heavy atom. The second kappa shape index (κ2) is 19.6. The van der Waals surface area contributed by atoms with Gasteiger partial charge in [0.25, 0.3) is 0 Å². The van der Waals surface area contributed by atoms with Crippen LogP contribution in [0.15, 0.2) is 292 Å². The maximum atomic E-state index is 4.99. The molecule has 66 heavy (non-hydrogen) atoms. The molecule has 0 saturated heterocycles. The van der Waals surface area contributed by atoms with Crippen LogP contribution in [-0.2, 0) is 0 Å². The Bertz CT molecular complexity index is 2280. The van der Waals surface area contributed by atoms with Crippen LogP contribution in [0, 0.1) is 0 Å². The third kappa shape index (κ3) is 7.43. The van der Waals surface area contributed by atoms with E-state index in [4.69, 9.17) is 26.3 Å². The van der Waals surface area contributed by atoms with Crippen molar-refractivity contribution in [3.8, 4) is 0 Å². The smallest absolute Gasteiger partial charge is 0.106 e. The van der Waals surface area contributed by atoms with Crippen molar-refractivity contribution in [2.24, 2.45) is 0 Å². The normalized spacial score (nSPS) is 17.8. The summed E-state index contributed by atoms with van der Waals surface area (Å²) in [6.45, 7) is 19.9. The Balaban J connectivity index is 1.48. The van der Waals surface area contributed by atoms with Gasteiger partial charge >= 0.3 is 0 Å². The molecule has 1 aliphatic rings. The van der Waals surface area contributed by atoms with E-state index in [1.807, 2.05) is 0 Å². The van der Waals surface area contributed by atoms with Crippen LogP contribution in [0.3, 0.4) is 0 Å². The standard InChI is InChI=1S/C62H60Si4/c1-5-63(51-33-17-9-18-34-51,52-35-19-10-20-36-52)59-49-61(65(7-3,55-41-25-13-26-42-55)56-43-27-14-28-44-56)62(66(8-4,57-45-29-15-30-46-57)58-47-31-16-32-48-58)50-60(59)64(6-2,53-37-21-11-22-38-53)54-39-23-12-24-40-54/h5-48,59-62H,1-4,49-50H2. The summed E-state index contributed by atoms with van der Waals surface area (Å²) < 4.78 is 0. The molecule has 8 aromatic rings. The van der Waals surface area contributed by atoms with Crippen LogP contribution in [-0.4, -0.2) is 32.3 Å². The zero-order chi connectivity index (χ0) is 45.5. The Morgan fingerprint density at radius 3 is 0.455 bits per heavy atom. The van der Waals surface area contributed by atoms with Gasteiger partial charge in [0.15, 0.2) is 0 Å². The summed E-state index contributed by atoms with van der Waals surface area (Å²) in [6.07, 6.45) is 1.98. The van der Waals surface area contributed by atoms with Crippen LogP contribution in [0.4, 0.5) is 0 Å². The number of rotatable bonds is 16. The molecule has 0 N–H and O–H groups in total. The van der Waals surface area contributed by atoms with Gasteiger partial charge in [0.2, 0.25) is 0 Å². The SMILES string of the molecule is C=C[Si](c1ccccc1)(c1ccccc1)C1CC([Si](C=C)(c2ccccc2)c2ccccc2)C([Si](C=C)(c2ccccc2)c2ccccc2)CC1[Si](C=C)(c1ccccc1)c1ccccc1. The summed E-state index contributed by atoms with van der Waals surface area (Å²) in [4.78, 5) is 0.